The molecule has 0 saturated carbocycles. The molecular formula is C13H18BrNO2. The molecule has 0 spiro atoms. The molecular weight excluding hydrogens is 282 g/mol. The number of hydrogen-bond donors (Lipinski definition) is 1. The maximum absolute atomic E-state index is 11.4. The van der Waals surface area contributed by atoms with Crippen molar-refractivity contribution in [3.05, 3.63) is 34.3 Å². The first kappa shape index (κ1) is 14.0. The standard InChI is InChI=1S/C13H18BrNO2/c1-3-4-8-17-13(16)15-10(2)11-6-5-7-12(14)9-11/h5-7,9-10H,3-4,8H2,1-2H3,(H,15,16). The summed E-state index contributed by atoms with van der Waals surface area (Å²) in [7, 11) is 0. The van der Waals surface area contributed by atoms with Crippen molar-refractivity contribution in [2.75, 3.05) is 6.61 Å². The normalized spacial score (nSPS) is 11.9. The summed E-state index contributed by atoms with van der Waals surface area (Å²) in [6.07, 6.45) is 1.57. The molecule has 1 N–H and O–H groups in total. The zero-order chi connectivity index (χ0) is 12.7. The number of hydrogen-bond acceptors (Lipinski definition) is 2. The predicted molar refractivity (Wildman–Crippen MR) is 71.9 cm³/mol. The molecule has 94 valence electrons. The highest BCUT2D eigenvalue weighted by atomic mass is 79.9. The Morgan fingerprint density at radius 3 is 2.94 bits per heavy atom. The molecule has 0 aliphatic carbocycles. The topological polar surface area (TPSA) is 38.3 Å². The molecule has 1 amide bonds. The maximum Gasteiger partial charge on any atom is 0.407 e. The third kappa shape index (κ3) is 5.22. The minimum Gasteiger partial charge on any atom is -0.450 e. The van der Waals surface area contributed by atoms with Crippen molar-refractivity contribution in [2.45, 2.75) is 32.7 Å². The molecule has 1 unspecified atom stereocenters. The lowest BCUT2D eigenvalue weighted by Crippen LogP contribution is -2.27. The van der Waals surface area contributed by atoms with Crippen LogP contribution in [-0.4, -0.2) is 12.7 Å². The molecule has 0 saturated heterocycles. The third-order valence-electron chi connectivity index (χ3n) is 2.41. The van der Waals surface area contributed by atoms with Crippen molar-refractivity contribution in [1.29, 1.82) is 0 Å². The van der Waals surface area contributed by atoms with Crippen LogP contribution in [0.15, 0.2) is 28.7 Å². The van der Waals surface area contributed by atoms with Crippen LogP contribution in [0.4, 0.5) is 4.79 Å². The molecule has 0 aromatic heterocycles. The van der Waals surface area contributed by atoms with Crippen LogP contribution in [0.3, 0.4) is 0 Å². The second kappa shape index (κ2) is 7.33. The molecule has 1 aromatic carbocycles. The van der Waals surface area contributed by atoms with Crippen LogP contribution in [0.1, 0.15) is 38.3 Å². The molecule has 4 heteroatoms. The van der Waals surface area contributed by atoms with Gasteiger partial charge >= 0.3 is 6.09 Å². The van der Waals surface area contributed by atoms with Crippen LogP contribution in [0.2, 0.25) is 0 Å². The minimum atomic E-state index is -0.356. The van der Waals surface area contributed by atoms with Crippen molar-refractivity contribution in [3.8, 4) is 0 Å². The second-order valence-electron chi connectivity index (χ2n) is 3.91. The molecule has 3 nitrogen and oxygen atoms in total. The molecule has 0 heterocycles. The maximum atomic E-state index is 11.4. The summed E-state index contributed by atoms with van der Waals surface area (Å²) in [6.45, 7) is 4.47. The van der Waals surface area contributed by atoms with E-state index >= 15 is 0 Å². The highest BCUT2D eigenvalue weighted by molar-refractivity contribution is 9.10. The summed E-state index contributed by atoms with van der Waals surface area (Å²) in [5, 5.41) is 2.80. The number of carbonyl (C=O) groups is 1. The number of halogens is 1. The van der Waals surface area contributed by atoms with Gasteiger partial charge in [0.15, 0.2) is 0 Å². The van der Waals surface area contributed by atoms with Crippen LogP contribution < -0.4 is 5.32 Å². The fourth-order valence-corrected chi connectivity index (χ4v) is 1.80. The number of carbonyl (C=O) groups excluding carboxylic acids is 1. The largest absolute Gasteiger partial charge is 0.450 e. The molecule has 0 bridgehead atoms. The molecule has 17 heavy (non-hydrogen) atoms. The van der Waals surface area contributed by atoms with Crippen molar-refractivity contribution in [2.24, 2.45) is 0 Å². The van der Waals surface area contributed by atoms with Crippen LogP contribution in [0, 0.1) is 0 Å². The summed E-state index contributed by atoms with van der Waals surface area (Å²) in [6, 6.07) is 7.80. The van der Waals surface area contributed by atoms with Crippen LogP contribution in [-0.2, 0) is 4.74 Å². The first-order chi connectivity index (χ1) is 8.13. The number of benzene rings is 1. The Morgan fingerprint density at radius 2 is 2.29 bits per heavy atom. The fraction of sp³-hybridized carbons (Fsp3) is 0.462. The average molecular weight is 300 g/mol. The molecule has 1 atom stereocenters. The van der Waals surface area contributed by atoms with E-state index in [1.807, 2.05) is 31.2 Å². The van der Waals surface area contributed by atoms with Gasteiger partial charge < -0.3 is 10.1 Å². The smallest absolute Gasteiger partial charge is 0.407 e. The SMILES string of the molecule is CCCCOC(=O)NC(C)c1cccc(Br)c1. The van der Waals surface area contributed by atoms with Gasteiger partial charge in [0.05, 0.1) is 12.6 Å². The van der Waals surface area contributed by atoms with Crippen LogP contribution in [0.25, 0.3) is 0 Å². The number of nitrogens with one attached hydrogen (secondary N) is 1. The van der Waals surface area contributed by atoms with E-state index in [1.54, 1.807) is 0 Å². The van der Waals surface area contributed by atoms with Gasteiger partial charge in [-0.1, -0.05) is 41.4 Å². The van der Waals surface area contributed by atoms with Gasteiger partial charge in [0.25, 0.3) is 0 Å². The second-order valence-corrected chi connectivity index (χ2v) is 4.83. The van der Waals surface area contributed by atoms with E-state index in [0.717, 1.165) is 22.9 Å². The van der Waals surface area contributed by atoms with E-state index in [-0.39, 0.29) is 12.1 Å². The number of amides is 1. The number of alkyl carbamates (subject to hydrolysis) is 1. The Labute approximate surface area is 111 Å². The number of ether oxygens (including phenoxy) is 1. The van der Waals surface area contributed by atoms with Gasteiger partial charge in [-0.3, -0.25) is 0 Å². The summed E-state index contributed by atoms with van der Waals surface area (Å²) >= 11 is 3.40. The van der Waals surface area contributed by atoms with E-state index in [1.165, 1.54) is 0 Å². The quantitative estimate of drug-likeness (QED) is 0.834. The molecule has 1 rings (SSSR count). The van der Waals surface area contributed by atoms with Crippen LogP contribution in [0.5, 0.6) is 0 Å². The van der Waals surface area contributed by atoms with E-state index in [9.17, 15) is 4.79 Å². The molecule has 0 aliphatic heterocycles. The van der Waals surface area contributed by atoms with Gasteiger partial charge in [-0.25, -0.2) is 4.79 Å². The highest BCUT2D eigenvalue weighted by Gasteiger charge is 2.10. The molecule has 1 aromatic rings. The lowest BCUT2D eigenvalue weighted by Gasteiger charge is -2.14. The zero-order valence-electron chi connectivity index (χ0n) is 10.2. The van der Waals surface area contributed by atoms with E-state index < -0.39 is 0 Å². The summed E-state index contributed by atoms with van der Waals surface area (Å²) in [5.74, 6) is 0. The Balaban J connectivity index is 2.43. The van der Waals surface area contributed by atoms with Gasteiger partial charge in [-0.15, -0.1) is 0 Å². The first-order valence-corrected chi connectivity index (χ1v) is 6.61. The van der Waals surface area contributed by atoms with E-state index in [2.05, 4.69) is 28.2 Å². The summed E-state index contributed by atoms with van der Waals surface area (Å²) < 4.78 is 6.05. The molecule has 0 radical (unpaired) electrons. The minimum absolute atomic E-state index is 0.0540. The van der Waals surface area contributed by atoms with Gasteiger partial charge in [-0.2, -0.15) is 0 Å². The van der Waals surface area contributed by atoms with E-state index in [4.69, 9.17) is 4.74 Å². The molecule has 0 aliphatic rings. The van der Waals surface area contributed by atoms with Crippen LogP contribution >= 0.6 is 15.9 Å². The van der Waals surface area contributed by atoms with Crippen molar-refractivity contribution in [1.82, 2.24) is 5.32 Å². The van der Waals surface area contributed by atoms with Gasteiger partial charge in [0.2, 0.25) is 0 Å². The van der Waals surface area contributed by atoms with Crippen molar-refractivity contribution in [3.63, 3.8) is 0 Å². The summed E-state index contributed by atoms with van der Waals surface area (Å²) in [5.41, 5.74) is 1.05. The Bertz CT molecular complexity index is 368. The number of rotatable bonds is 5. The van der Waals surface area contributed by atoms with Gasteiger partial charge in [-0.05, 0) is 31.0 Å². The fourth-order valence-electron chi connectivity index (χ4n) is 1.39. The lowest BCUT2D eigenvalue weighted by atomic mass is 10.1. The zero-order valence-corrected chi connectivity index (χ0v) is 11.8. The Hall–Kier alpha value is -1.03. The Kier molecular flexibility index (Phi) is 6.05. The lowest BCUT2D eigenvalue weighted by molar-refractivity contribution is 0.141. The first-order valence-electron chi connectivity index (χ1n) is 5.82. The van der Waals surface area contributed by atoms with Gasteiger partial charge in [0, 0.05) is 4.47 Å². The highest BCUT2D eigenvalue weighted by Crippen LogP contribution is 2.17. The van der Waals surface area contributed by atoms with Crippen molar-refractivity contribution < 1.29 is 9.53 Å². The average Bonchev–Trinajstić information content (AvgIpc) is 2.29. The number of unbranched alkanes of at least 4 members (excludes halogenated alkanes) is 1. The monoisotopic (exact) mass is 299 g/mol. The van der Waals surface area contributed by atoms with Crippen molar-refractivity contribution >= 4 is 22.0 Å². The Morgan fingerprint density at radius 1 is 1.53 bits per heavy atom. The van der Waals surface area contributed by atoms with Gasteiger partial charge in [0.1, 0.15) is 0 Å². The molecule has 0 fully saturated rings. The van der Waals surface area contributed by atoms with E-state index in [0.29, 0.717) is 6.61 Å². The predicted octanol–water partition coefficient (Wildman–Crippen LogP) is 4.04. The summed E-state index contributed by atoms with van der Waals surface area (Å²) in [4.78, 5) is 11.4. The third-order valence-corrected chi connectivity index (χ3v) is 2.91.